The molecule has 0 unspecified atom stereocenters. The lowest BCUT2D eigenvalue weighted by Crippen LogP contribution is -2.50. The fraction of sp³-hybridized carbons (Fsp3) is 0.471. The van der Waals surface area contributed by atoms with Gasteiger partial charge in [-0.1, -0.05) is 11.6 Å². The van der Waals surface area contributed by atoms with E-state index in [0.717, 1.165) is 5.56 Å². The minimum Gasteiger partial charge on any atom is -0.351 e. The summed E-state index contributed by atoms with van der Waals surface area (Å²) in [7, 11) is 0. The molecule has 0 aromatic heterocycles. The maximum atomic E-state index is 13.6. The third-order valence-electron chi connectivity index (χ3n) is 4.07. The second-order valence-corrected chi connectivity index (χ2v) is 5.88. The van der Waals surface area contributed by atoms with Gasteiger partial charge < -0.3 is 15.1 Å². The first-order valence-electron chi connectivity index (χ1n) is 7.96. The molecule has 0 bridgehead atoms. The standard InChI is InChI=1S/C17H22FN3O3/c1-12-3-4-15(18)14(11-12)17(24)19-6-5-16(23)21-9-7-20(8-10-21)13(2)22/h3-4,11H,5-10H2,1-2H3,(H,19,24). The molecule has 0 radical (unpaired) electrons. The minimum atomic E-state index is -0.579. The first kappa shape index (κ1) is 17.9. The summed E-state index contributed by atoms with van der Waals surface area (Å²) in [4.78, 5) is 38.7. The van der Waals surface area contributed by atoms with Crippen LogP contribution in [0.3, 0.4) is 0 Å². The predicted octanol–water partition coefficient (Wildman–Crippen LogP) is 0.945. The van der Waals surface area contributed by atoms with E-state index in [1.54, 1.807) is 22.8 Å². The van der Waals surface area contributed by atoms with Crippen molar-refractivity contribution in [3.63, 3.8) is 0 Å². The average molecular weight is 335 g/mol. The third kappa shape index (κ3) is 4.53. The summed E-state index contributed by atoms with van der Waals surface area (Å²) in [5.41, 5.74) is 0.776. The number of rotatable bonds is 4. The molecule has 1 aromatic rings. The minimum absolute atomic E-state index is 0.00884. The molecule has 0 spiro atoms. The largest absolute Gasteiger partial charge is 0.351 e. The fourth-order valence-electron chi connectivity index (χ4n) is 2.62. The highest BCUT2D eigenvalue weighted by molar-refractivity contribution is 5.94. The molecule has 1 heterocycles. The topological polar surface area (TPSA) is 69.7 Å². The Balaban J connectivity index is 1.78. The van der Waals surface area contributed by atoms with E-state index in [-0.39, 0.29) is 30.3 Å². The van der Waals surface area contributed by atoms with Gasteiger partial charge in [-0.05, 0) is 19.1 Å². The van der Waals surface area contributed by atoms with Gasteiger partial charge in [-0.3, -0.25) is 14.4 Å². The Labute approximate surface area is 140 Å². The normalized spacial score (nSPS) is 14.5. The van der Waals surface area contributed by atoms with Gasteiger partial charge >= 0.3 is 0 Å². The molecule has 1 fully saturated rings. The number of halogens is 1. The zero-order valence-corrected chi connectivity index (χ0v) is 14.0. The molecule has 3 amide bonds. The van der Waals surface area contributed by atoms with E-state index in [1.807, 2.05) is 0 Å². The molecule has 1 aliphatic heterocycles. The van der Waals surface area contributed by atoms with Gasteiger partial charge in [0.1, 0.15) is 5.82 Å². The number of amides is 3. The molecule has 130 valence electrons. The quantitative estimate of drug-likeness (QED) is 0.890. The Morgan fingerprint density at radius 2 is 1.75 bits per heavy atom. The Kier molecular flexibility index (Phi) is 5.89. The first-order valence-corrected chi connectivity index (χ1v) is 7.96. The number of aryl methyl sites for hydroxylation is 1. The summed E-state index contributed by atoms with van der Waals surface area (Å²) in [6, 6.07) is 4.33. The summed E-state index contributed by atoms with van der Waals surface area (Å²) in [5.74, 6) is -1.17. The van der Waals surface area contributed by atoms with E-state index in [1.165, 1.54) is 19.1 Å². The van der Waals surface area contributed by atoms with Crippen LogP contribution in [0.15, 0.2) is 18.2 Å². The van der Waals surface area contributed by atoms with Gasteiger partial charge in [0.25, 0.3) is 5.91 Å². The fourth-order valence-corrected chi connectivity index (χ4v) is 2.62. The van der Waals surface area contributed by atoms with Gasteiger partial charge in [0, 0.05) is 46.1 Å². The summed E-state index contributed by atoms with van der Waals surface area (Å²) < 4.78 is 13.6. The summed E-state index contributed by atoms with van der Waals surface area (Å²) in [6.07, 6.45) is 0.152. The van der Waals surface area contributed by atoms with Crippen molar-refractivity contribution in [2.75, 3.05) is 32.7 Å². The van der Waals surface area contributed by atoms with Crippen molar-refractivity contribution in [3.8, 4) is 0 Å². The van der Waals surface area contributed by atoms with Crippen LogP contribution in [0.5, 0.6) is 0 Å². The highest BCUT2D eigenvalue weighted by atomic mass is 19.1. The summed E-state index contributed by atoms with van der Waals surface area (Å²) >= 11 is 0. The van der Waals surface area contributed by atoms with Crippen molar-refractivity contribution in [2.24, 2.45) is 0 Å². The van der Waals surface area contributed by atoms with Crippen LogP contribution in [0, 0.1) is 12.7 Å². The molecule has 0 atom stereocenters. The summed E-state index contributed by atoms with van der Waals surface area (Å²) in [5, 5.41) is 2.57. The van der Waals surface area contributed by atoms with Crippen LogP contribution in [0.4, 0.5) is 4.39 Å². The molecule has 1 aliphatic rings. The second kappa shape index (κ2) is 7.90. The molecule has 24 heavy (non-hydrogen) atoms. The van der Waals surface area contributed by atoms with Crippen LogP contribution >= 0.6 is 0 Å². The van der Waals surface area contributed by atoms with Crippen LogP contribution in [0.25, 0.3) is 0 Å². The highest BCUT2D eigenvalue weighted by Crippen LogP contribution is 2.10. The van der Waals surface area contributed by atoms with Gasteiger partial charge in [0.15, 0.2) is 0 Å². The maximum absolute atomic E-state index is 13.6. The maximum Gasteiger partial charge on any atom is 0.254 e. The van der Waals surface area contributed by atoms with E-state index >= 15 is 0 Å². The lowest BCUT2D eigenvalue weighted by Gasteiger charge is -2.34. The zero-order valence-electron chi connectivity index (χ0n) is 14.0. The lowest BCUT2D eigenvalue weighted by molar-refractivity contribution is -0.138. The van der Waals surface area contributed by atoms with Crippen molar-refractivity contribution in [1.29, 1.82) is 0 Å². The Hall–Kier alpha value is -2.44. The number of nitrogens with zero attached hydrogens (tertiary/aromatic N) is 2. The molecular formula is C17H22FN3O3. The molecule has 1 N–H and O–H groups in total. The van der Waals surface area contributed by atoms with Crippen LogP contribution in [-0.2, 0) is 9.59 Å². The molecule has 7 heteroatoms. The molecule has 0 saturated carbocycles. The predicted molar refractivity (Wildman–Crippen MR) is 86.9 cm³/mol. The Morgan fingerprint density at radius 1 is 1.12 bits per heavy atom. The molecular weight excluding hydrogens is 313 g/mol. The van der Waals surface area contributed by atoms with Crippen molar-refractivity contribution < 1.29 is 18.8 Å². The number of piperazine rings is 1. The van der Waals surface area contributed by atoms with Crippen molar-refractivity contribution in [1.82, 2.24) is 15.1 Å². The molecule has 1 saturated heterocycles. The number of nitrogens with one attached hydrogen (secondary N) is 1. The number of benzene rings is 1. The van der Waals surface area contributed by atoms with Crippen molar-refractivity contribution >= 4 is 17.7 Å². The SMILES string of the molecule is CC(=O)N1CCN(C(=O)CCNC(=O)c2cc(C)ccc2F)CC1. The second-order valence-electron chi connectivity index (χ2n) is 5.88. The molecule has 0 aliphatic carbocycles. The third-order valence-corrected chi connectivity index (χ3v) is 4.07. The number of carbonyl (C=O) groups excluding carboxylic acids is 3. The van der Waals surface area contributed by atoms with Crippen LogP contribution in [-0.4, -0.2) is 60.2 Å². The number of hydrogen-bond donors (Lipinski definition) is 1. The van der Waals surface area contributed by atoms with E-state index in [0.29, 0.717) is 26.2 Å². The van der Waals surface area contributed by atoms with Crippen LogP contribution in [0.1, 0.15) is 29.3 Å². The molecule has 1 aromatic carbocycles. The van der Waals surface area contributed by atoms with Gasteiger partial charge in [-0.2, -0.15) is 0 Å². The number of carbonyl (C=O) groups is 3. The van der Waals surface area contributed by atoms with Crippen LogP contribution in [0.2, 0.25) is 0 Å². The van der Waals surface area contributed by atoms with E-state index in [9.17, 15) is 18.8 Å². The molecule has 6 nitrogen and oxygen atoms in total. The van der Waals surface area contributed by atoms with Gasteiger partial charge in [0.05, 0.1) is 5.56 Å². The van der Waals surface area contributed by atoms with E-state index in [4.69, 9.17) is 0 Å². The van der Waals surface area contributed by atoms with Gasteiger partial charge in [-0.15, -0.1) is 0 Å². The monoisotopic (exact) mass is 335 g/mol. The van der Waals surface area contributed by atoms with Gasteiger partial charge in [0.2, 0.25) is 11.8 Å². The average Bonchev–Trinajstić information content (AvgIpc) is 2.56. The first-order chi connectivity index (χ1) is 11.4. The van der Waals surface area contributed by atoms with Crippen molar-refractivity contribution in [2.45, 2.75) is 20.3 Å². The zero-order chi connectivity index (χ0) is 17.7. The van der Waals surface area contributed by atoms with E-state index in [2.05, 4.69) is 5.32 Å². The smallest absolute Gasteiger partial charge is 0.254 e. The number of hydrogen-bond acceptors (Lipinski definition) is 3. The highest BCUT2D eigenvalue weighted by Gasteiger charge is 2.22. The van der Waals surface area contributed by atoms with Crippen molar-refractivity contribution in [3.05, 3.63) is 35.1 Å². The lowest BCUT2D eigenvalue weighted by atomic mass is 10.1. The Morgan fingerprint density at radius 3 is 2.38 bits per heavy atom. The molecule has 2 rings (SSSR count). The van der Waals surface area contributed by atoms with Crippen LogP contribution < -0.4 is 5.32 Å². The Bertz CT molecular complexity index is 640. The summed E-state index contributed by atoms with van der Waals surface area (Å²) in [6.45, 7) is 5.50. The van der Waals surface area contributed by atoms with E-state index < -0.39 is 11.7 Å². The van der Waals surface area contributed by atoms with Gasteiger partial charge in [-0.25, -0.2) is 4.39 Å².